The molecule has 33 heavy (non-hydrogen) atoms. The van der Waals surface area contributed by atoms with E-state index in [0.717, 1.165) is 49.1 Å². The second-order valence-corrected chi connectivity index (χ2v) is 9.39. The van der Waals surface area contributed by atoms with Crippen molar-refractivity contribution in [3.63, 3.8) is 0 Å². The SMILES string of the molecule is CCOc1ccc(Br)c(CC2CCN(CCc3cc(=O)n(-c4ccccc4)c(=O)[nH]3)CC2)c1. The van der Waals surface area contributed by atoms with Gasteiger partial charge in [-0.1, -0.05) is 34.1 Å². The van der Waals surface area contributed by atoms with Gasteiger partial charge in [0, 0.05) is 29.2 Å². The fraction of sp³-hybridized carbons (Fsp3) is 0.385. The van der Waals surface area contributed by atoms with Crippen molar-refractivity contribution in [2.45, 2.75) is 32.6 Å². The molecule has 6 nitrogen and oxygen atoms in total. The Morgan fingerprint density at radius 3 is 2.52 bits per heavy atom. The van der Waals surface area contributed by atoms with Crippen molar-refractivity contribution in [1.82, 2.24) is 14.5 Å². The van der Waals surface area contributed by atoms with Crippen LogP contribution in [0.15, 0.2) is 68.7 Å². The number of hydrogen-bond acceptors (Lipinski definition) is 4. The van der Waals surface area contributed by atoms with Gasteiger partial charge in [0.1, 0.15) is 5.75 Å². The van der Waals surface area contributed by atoms with E-state index in [1.54, 1.807) is 18.2 Å². The summed E-state index contributed by atoms with van der Waals surface area (Å²) in [6.07, 6.45) is 3.97. The fourth-order valence-electron chi connectivity index (χ4n) is 4.47. The van der Waals surface area contributed by atoms with E-state index in [2.05, 4.69) is 37.9 Å². The average Bonchev–Trinajstić information content (AvgIpc) is 2.81. The highest BCUT2D eigenvalue weighted by molar-refractivity contribution is 9.10. The number of rotatable bonds is 8. The molecule has 1 aliphatic heterocycles. The Labute approximate surface area is 202 Å². The molecule has 3 aromatic rings. The summed E-state index contributed by atoms with van der Waals surface area (Å²) in [6, 6.07) is 16.8. The maximum Gasteiger partial charge on any atom is 0.333 e. The Morgan fingerprint density at radius 1 is 1.06 bits per heavy atom. The van der Waals surface area contributed by atoms with Crippen molar-refractivity contribution in [2.24, 2.45) is 5.92 Å². The van der Waals surface area contributed by atoms with E-state index in [-0.39, 0.29) is 11.2 Å². The minimum atomic E-state index is -0.387. The lowest BCUT2D eigenvalue weighted by Crippen LogP contribution is -2.37. The van der Waals surface area contributed by atoms with E-state index in [0.29, 0.717) is 30.3 Å². The molecule has 1 saturated heterocycles. The summed E-state index contributed by atoms with van der Waals surface area (Å²) in [7, 11) is 0. The van der Waals surface area contributed by atoms with Crippen LogP contribution in [0.5, 0.6) is 5.75 Å². The Kier molecular flexibility index (Phi) is 7.83. The second-order valence-electron chi connectivity index (χ2n) is 8.53. The molecule has 7 heteroatoms. The van der Waals surface area contributed by atoms with Crippen LogP contribution in [0.4, 0.5) is 0 Å². The molecule has 0 amide bonds. The molecule has 0 atom stereocenters. The molecule has 0 spiro atoms. The van der Waals surface area contributed by atoms with Crippen molar-refractivity contribution >= 4 is 15.9 Å². The first-order valence-corrected chi connectivity index (χ1v) is 12.4. The maximum absolute atomic E-state index is 12.5. The number of para-hydroxylation sites is 1. The normalized spacial score (nSPS) is 15.0. The summed E-state index contributed by atoms with van der Waals surface area (Å²) in [5, 5.41) is 0. The van der Waals surface area contributed by atoms with Crippen molar-refractivity contribution in [1.29, 1.82) is 0 Å². The zero-order valence-electron chi connectivity index (χ0n) is 18.9. The molecule has 0 unspecified atom stereocenters. The van der Waals surface area contributed by atoms with Crippen LogP contribution in [-0.2, 0) is 12.8 Å². The standard InChI is InChI=1S/C26H30BrN3O3/c1-2-33-23-8-9-24(27)20(17-23)16-19-10-13-29(14-11-19)15-12-21-18-25(31)30(26(32)28-21)22-6-4-3-5-7-22/h3-9,17-19H,2,10-16H2,1H3,(H,28,32). The maximum atomic E-state index is 12.5. The van der Waals surface area contributed by atoms with Crippen molar-refractivity contribution < 1.29 is 4.74 Å². The Bertz CT molecular complexity index is 1150. The van der Waals surface area contributed by atoms with E-state index in [1.165, 1.54) is 10.1 Å². The van der Waals surface area contributed by atoms with Crippen LogP contribution >= 0.6 is 15.9 Å². The first kappa shape index (κ1) is 23.5. The third-order valence-corrected chi connectivity index (χ3v) is 7.02. The van der Waals surface area contributed by atoms with Gasteiger partial charge < -0.3 is 14.6 Å². The highest BCUT2D eigenvalue weighted by atomic mass is 79.9. The molecule has 2 aromatic carbocycles. The van der Waals surface area contributed by atoms with Gasteiger partial charge in [-0.05, 0) is 81.1 Å². The highest BCUT2D eigenvalue weighted by Crippen LogP contribution is 2.28. The minimum absolute atomic E-state index is 0.293. The van der Waals surface area contributed by atoms with Gasteiger partial charge in [0.05, 0.1) is 12.3 Å². The van der Waals surface area contributed by atoms with Crippen LogP contribution in [0.1, 0.15) is 31.0 Å². The van der Waals surface area contributed by atoms with E-state index >= 15 is 0 Å². The number of hydrogen-bond donors (Lipinski definition) is 1. The highest BCUT2D eigenvalue weighted by Gasteiger charge is 2.20. The molecule has 1 aromatic heterocycles. The smallest absolute Gasteiger partial charge is 0.333 e. The Balaban J connectivity index is 1.31. The summed E-state index contributed by atoms with van der Waals surface area (Å²) < 4.78 is 7.97. The number of ether oxygens (including phenoxy) is 1. The third kappa shape index (κ3) is 6.03. The predicted octanol–water partition coefficient (Wildman–Crippen LogP) is 4.18. The van der Waals surface area contributed by atoms with Crippen molar-refractivity contribution in [3.8, 4) is 11.4 Å². The number of benzene rings is 2. The molecule has 2 heterocycles. The second kappa shape index (κ2) is 11.0. The fourth-order valence-corrected chi connectivity index (χ4v) is 4.88. The molecule has 0 bridgehead atoms. The molecule has 1 fully saturated rings. The van der Waals surface area contributed by atoms with E-state index in [9.17, 15) is 9.59 Å². The minimum Gasteiger partial charge on any atom is -0.494 e. The predicted molar refractivity (Wildman–Crippen MR) is 135 cm³/mol. The third-order valence-electron chi connectivity index (χ3n) is 6.24. The Morgan fingerprint density at radius 2 is 1.82 bits per heavy atom. The topological polar surface area (TPSA) is 67.3 Å². The summed E-state index contributed by atoms with van der Waals surface area (Å²) in [5.74, 6) is 1.57. The van der Waals surface area contributed by atoms with E-state index in [4.69, 9.17) is 4.74 Å². The first-order chi connectivity index (χ1) is 16.0. The summed E-state index contributed by atoms with van der Waals surface area (Å²) >= 11 is 3.68. The van der Waals surface area contributed by atoms with Crippen LogP contribution in [0, 0.1) is 5.92 Å². The van der Waals surface area contributed by atoms with E-state index in [1.807, 2.05) is 31.2 Å². The lowest BCUT2D eigenvalue weighted by Gasteiger charge is -2.32. The quantitative estimate of drug-likeness (QED) is 0.492. The number of likely N-dealkylation sites (tertiary alicyclic amines) is 1. The largest absolute Gasteiger partial charge is 0.494 e. The average molecular weight is 512 g/mol. The van der Waals surface area contributed by atoms with Gasteiger partial charge in [-0.25, -0.2) is 9.36 Å². The Hall–Kier alpha value is -2.64. The number of aromatic nitrogens is 2. The van der Waals surface area contributed by atoms with Crippen molar-refractivity contribution in [3.05, 3.63) is 91.2 Å². The lowest BCUT2D eigenvalue weighted by atomic mass is 9.90. The molecule has 0 saturated carbocycles. The van der Waals surface area contributed by atoms with Gasteiger partial charge in [0.25, 0.3) is 5.56 Å². The molecular weight excluding hydrogens is 482 g/mol. The lowest BCUT2D eigenvalue weighted by molar-refractivity contribution is 0.185. The summed E-state index contributed by atoms with van der Waals surface area (Å²) in [5.41, 5.74) is 1.89. The molecule has 4 rings (SSSR count). The number of nitrogens with zero attached hydrogens (tertiary/aromatic N) is 2. The van der Waals surface area contributed by atoms with Crippen LogP contribution < -0.4 is 16.0 Å². The number of nitrogens with one attached hydrogen (secondary N) is 1. The van der Waals surface area contributed by atoms with Crippen LogP contribution in [-0.4, -0.2) is 40.7 Å². The number of halogens is 1. The van der Waals surface area contributed by atoms with Crippen LogP contribution in [0.25, 0.3) is 5.69 Å². The zero-order chi connectivity index (χ0) is 23.2. The zero-order valence-corrected chi connectivity index (χ0v) is 20.5. The summed E-state index contributed by atoms with van der Waals surface area (Å²) in [6.45, 7) is 5.56. The number of piperidine rings is 1. The molecule has 1 N–H and O–H groups in total. The van der Waals surface area contributed by atoms with Gasteiger partial charge in [-0.3, -0.25) is 4.79 Å². The van der Waals surface area contributed by atoms with Gasteiger partial charge >= 0.3 is 5.69 Å². The number of H-pyrrole nitrogens is 1. The first-order valence-electron chi connectivity index (χ1n) is 11.6. The van der Waals surface area contributed by atoms with Gasteiger partial charge in [-0.2, -0.15) is 0 Å². The molecule has 174 valence electrons. The molecule has 1 aliphatic rings. The van der Waals surface area contributed by atoms with E-state index < -0.39 is 0 Å². The summed E-state index contributed by atoms with van der Waals surface area (Å²) in [4.78, 5) is 30.3. The van der Waals surface area contributed by atoms with Crippen molar-refractivity contribution in [2.75, 3.05) is 26.2 Å². The van der Waals surface area contributed by atoms with Gasteiger partial charge in [0.2, 0.25) is 0 Å². The van der Waals surface area contributed by atoms with Gasteiger partial charge in [0.15, 0.2) is 0 Å². The molecule has 0 radical (unpaired) electrons. The van der Waals surface area contributed by atoms with Crippen LogP contribution in [0.3, 0.4) is 0 Å². The number of aromatic amines is 1. The monoisotopic (exact) mass is 511 g/mol. The van der Waals surface area contributed by atoms with Crippen LogP contribution in [0.2, 0.25) is 0 Å². The molecular formula is C26H30BrN3O3. The molecule has 0 aliphatic carbocycles. The van der Waals surface area contributed by atoms with Gasteiger partial charge in [-0.15, -0.1) is 0 Å².